The predicted molar refractivity (Wildman–Crippen MR) is 98.6 cm³/mol. The molecule has 0 atom stereocenters. The fourth-order valence-electron chi connectivity index (χ4n) is 2.83. The summed E-state index contributed by atoms with van der Waals surface area (Å²) in [6.45, 7) is 0. The van der Waals surface area contributed by atoms with Gasteiger partial charge in [0.1, 0.15) is 0 Å². The van der Waals surface area contributed by atoms with Crippen molar-refractivity contribution in [3.8, 4) is 0 Å². The van der Waals surface area contributed by atoms with Gasteiger partial charge in [0.05, 0.1) is 45.6 Å². The van der Waals surface area contributed by atoms with Crippen LogP contribution in [0.2, 0.25) is 0 Å². The van der Waals surface area contributed by atoms with Gasteiger partial charge in [-0.15, -0.1) is 0 Å². The first-order valence-electron chi connectivity index (χ1n) is 7.74. The third-order valence-corrected chi connectivity index (χ3v) is 3.92. The monoisotopic (exact) mass is 364 g/mol. The van der Waals surface area contributed by atoms with E-state index < -0.39 is 0 Å². The molecule has 0 N–H and O–H groups in total. The summed E-state index contributed by atoms with van der Waals surface area (Å²) < 4.78 is 0. The van der Waals surface area contributed by atoms with Crippen molar-refractivity contribution in [2.24, 2.45) is 20.0 Å². The summed E-state index contributed by atoms with van der Waals surface area (Å²) in [6.07, 6.45) is 23.8. The molecule has 5 heterocycles. The van der Waals surface area contributed by atoms with Gasteiger partial charge in [-0.25, -0.2) is 20.0 Å². The van der Waals surface area contributed by atoms with Crippen LogP contribution in [0.1, 0.15) is 0 Å². The zero-order valence-corrected chi connectivity index (χ0v) is 14.2. The van der Waals surface area contributed by atoms with Gasteiger partial charge in [0.2, 0.25) is 0 Å². The average molecular weight is 364 g/mol. The molecule has 5 heteroatoms. The van der Waals surface area contributed by atoms with Gasteiger partial charge in [-0.05, 0) is 72.9 Å². The first-order valence-corrected chi connectivity index (χ1v) is 7.74. The van der Waals surface area contributed by atoms with Gasteiger partial charge in [-0.1, -0.05) is 0 Å². The molecule has 0 fully saturated rings. The smallest absolute Gasteiger partial charge is 0.249 e. The third kappa shape index (κ3) is 3.20. The van der Waals surface area contributed by atoms with Gasteiger partial charge < -0.3 is 0 Å². The van der Waals surface area contributed by atoms with Crippen molar-refractivity contribution in [1.29, 1.82) is 0 Å². The zero-order valence-electron chi connectivity index (χ0n) is 13.1. The maximum atomic E-state index is 4.59. The number of hydrogen-bond donors (Lipinski definition) is 0. The van der Waals surface area contributed by atoms with E-state index in [1.54, 1.807) is 0 Å². The van der Waals surface area contributed by atoms with Crippen LogP contribution in [0, 0.1) is 0 Å². The van der Waals surface area contributed by atoms with Crippen LogP contribution in [-0.2, 0) is 17.1 Å². The summed E-state index contributed by atoms with van der Waals surface area (Å²) in [5, 5.41) is 0. The second-order valence-corrected chi connectivity index (χ2v) is 5.76. The van der Waals surface area contributed by atoms with E-state index in [2.05, 4.69) is 20.0 Å². The van der Waals surface area contributed by atoms with Gasteiger partial charge in [0.25, 0.3) is 0 Å². The second-order valence-electron chi connectivity index (χ2n) is 5.76. The van der Waals surface area contributed by atoms with Crippen LogP contribution in [-0.4, -0.2) is 22.8 Å². The van der Waals surface area contributed by atoms with Crippen LogP contribution in [0.4, 0.5) is 0 Å². The van der Waals surface area contributed by atoms with E-state index in [9.17, 15) is 0 Å². The SMILES string of the molecule is C1=CC2=NC1=CC1=NC(=CC3=NC(=CC4=NC(=C2)C=C4)C=C3)C=C1.[Fe+3]. The Labute approximate surface area is 155 Å². The summed E-state index contributed by atoms with van der Waals surface area (Å²) in [7, 11) is 0. The van der Waals surface area contributed by atoms with E-state index in [1.807, 2.05) is 72.9 Å². The summed E-state index contributed by atoms with van der Waals surface area (Å²) in [6, 6.07) is 0. The van der Waals surface area contributed by atoms with Crippen molar-refractivity contribution < 1.29 is 17.1 Å². The van der Waals surface area contributed by atoms with Gasteiger partial charge >= 0.3 is 17.1 Å². The Kier molecular flexibility index (Phi) is 3.88. The van der Waals surface area contributed by atoms with Crippen molar-refractivity contribution >= 4 is 22.8 Å². The van der Waals surface area contributed by atoms with E-state index in [4.69, 9.17) is 0 Å². The minimum absolute atomic E-state index is 0. The topological polar surface area (TPSA) is 49.4 Å². The Bertz CT molecular complexity index is 848. The van der Waals surface area contributed by atoms with Gasteiger partial charge in [-0.3, -0.25) is 0 Å². The number of hydrogen-bond acceptors (Lipinski definition) is 4. The molecule has 117 valence electrons. The quantitative estimate of drug-likeness (QED) is 0.590. The van der Waals surface area contributed by atoms with E-state index in [1.165, 1.54) is 0 Å². The molecule has 0 aromatic carbocycles. The predicted octanol–water partition coefficient (Wildman–Crippen LogP) is 3.58. The normalized spacial score (nSPS) is 21.8. The largest absolute Gasteiger partial charge is 3.00 e. The Morgan fingerprint density at radius 2 is 0.600 bits per heavy atom. The van der Waals surface area contributed by atoms with Crippen molar-refractivity contribution in [1.82, 2.24) is 0 Å². The number of rotatable bonds is 0. The molecule has 1 radical (unpaired) electrons. The van der Waals surface area contributed by atoms with Crippen molar-refractivity contribution in [3.05, 3.63) is 95.7 Å². The van der Waals surface area contributed by atoms with Gasteiger partial charge in [-0.2, -0.15) is 0 Å². The van der Waals surface area contributed by atoms with Crippen LogP contribution in [0.15, 0.2) is 116 Å². The molecule has 0 aliphatic carbocycles. The first-order chi connectivity index (χ1) is 11.8. The van der Waals surface area contributed by atoms with Crippen LogP contribution < -0.4 is 0 Å². The molecule has 5 rings (SSSR count). The average Bonchev–Trinajstić information content (AvgIpc) is 3.32. The summed E-state index contributed by atoms with van der Waals surface area (Å²) in [5.41, 5.74) is 7.15. The van der Waals surface area contributed by atoms with Gasteiger partial charge in [0.15, 0.2) is 0 Å². The van der Waals surface area contributed by atoms with Crippen LogP contribution in [0.5, 0.6) is 0 Å². The first kappa shape index (κ1) is 15.6. The van der Waals surface area contributed by atoms with E-state index in [0.29, 0.717) is 0 Å². The van der Waals surface area contributed by atoms with Crippen molar-refractivity contribution in [2.45, 2.75) is 0 Å². The molecule has 0 saturated heterocycles. The maximum Gasteiger partial charge on any atom is 3.00 e. The van der Waals surface area contributed by atoms with E-state index in [0.717, 1.165) is 45.6 Å². The van der Waals surface area contributed by atoms with Crippen LogP contribution >= 0.6 is 0 Å². The molecular formula is C20H12FeN4+3. The molecule has 0 unspecified atom stereocenters. The van der Waals surface area contributed by atoms with Gasteiger partial charge in [0, 0.05) is 0 Å². The Hall–Kier alpha value is -2.88. The molecule has 8 bridgehead atoms. The standard InChI is InChI=1S/C20H12N4.Fe/c1-2-14-10-16-5-6-18(23-16)12-20-8-7-19(24-20)11-17-4-3-15(22-17)9-13(1)21-14;/h1-12H;/q;+3. The molecular weight excluding hydrogens is 352 g/mol. The molecule has 0 spiro atoms. The fraction of sp³-hybridized carbons (Fsp3) is 0. The number of allylic oxidation sites excluding steroid dienone is 12. The van der Waals surface area contributed by atoms with Crippen molar-refractivity contribution in [2.75, 3.05) is 0 Å². The summed E-state index contributed by atoms with van der Waals surface area (Å²) in [5.74, 6) is 0. The maximum absolute atomic E-state index is 4.59. The Balaban J connectivity index is 0.00000157. The number of aliphatic imine (C=N–C) groups is 4. The summed E-state index contributed by atoms with van der Waals surface area (Å²) >= 11 is 0. The zero-order chi connectivity index (χ0) is 15.9. The molecule has 4 nitrogen and oxygen atoms in total. The second kappa shape index (κ2) is 6.20. The molecule has 0 saturated carbocycles. The van der Waals surface area contributed by atoms with Crippen molar-refractivity contribution in [3.63, 3.8) is 0 Å². The minimum Gasteiger partial charge on any atom is -0.249 e. The third-order valence-electron chi connectivity index (χ3n) is 3.92. The molecule has 0 aromatic heterocycles. The summed E-state index contributed by atoms with van der Waals surface area (Å²) in [4.78, 5) is 18.4. The molecule has 0 amide bonds. The molecule has 0 aromatic rings. The molecule has 5 aliphatic rings. The molecule has 25 heavy (non-hydrogen) atoms. The van der Waals surface area contributed by atoms with Crippen LogP contribution in [0.25, 0.3) is 0 Å². The number of nitrogens with zero attached hydrogens (tertiary/aromatic N) is 4. The Morgan fingerprint density at radius 1 is 0.360 bits per heavy atom. The van der Waals surface area contributed by atoms with Crippen LogP contribution in [0.3, 0.4) is 0 Å². The fourth-order valence-corrected chi connectivity index (χ4v) is 2.83. The van der Waals surface area contributed by atoms with E-state index in [-0.39, 0.29) is 17.1 Å². The number of fused-ring (bicyclic) bond motifs is 4. The Morgan fingerprint density at radius 3 is 0.840 bits per heavy atom. The molecule has 5 aliphatic heterocycles. The van der Waals surface area contributed by atoms with E-state index >= 15 is 0 Å². The minimum atomic E-state index is 0.